The summed E-state index contributed by atoms with van der Waals surface area (Å²) >= 11 is 0. The van der Waals surface area contributed by atoms with Crippen LogP contribution in [0.5, 0.6) is 0 Å². The number of halogens is 1. The average Bonchev–Trinajstić information content (AvgIpc) is 2.97. The zero-order chi connectivity index (χ0) is 21.5. The Morgan fingerprint density at radius 3 is 2.70 bits per heavy atom. The Balaban J connectivity index is 1.66. The molecule has 2 aromatic heterocycles. The molecule has 0 spiro atoms. The number of rotatable bonds is 5. The number of anilines is 4. The first-order valence-electron chi connectivity index (χ1n) is 8.50. The van der Waals surface area contributed by atoms with Crippen molar-refractivity contribution >= 4 is 44.3 Å². The summed E-state index contributed by atoms with van der Waals surface area (Å²) in [5, 5.41) is 10.7. The van der Waals surface area contributed by atoms with E-state index < -0.39 is 21.6 Å². The monoisotopic (exact) mass is 430 g/mol. The number of hydrogen-bond donors (Lipinski definition) is 3. The maximum atomic E-state index is 14.2. The topological polar surface area (TPSA) is 145 Å². The van der Waals surface area contributed by atoms with Gasteiger partial charge < -0.3 is 15.1 Å². The van der Waals surface area contributed by atoms with E-state index in [-0.39, 0.29) is 22.3 Å². The van der Waals surface area contributed by atoms with Crippen LogP contribution in [0.25, 0.3) is 11.1 Å². The Hall–Kier alpha value is -3.77. The second-order valence-corrected chi connectivity index (χ2v) is 7.82. The van der Waals surface area contributed by atoms with Gasteiger partial charge in [0.25, 0.3) is 0 Å². The van der Waals surface area contributed by atoms with Crippen molar-refractivity contribution in [3.8, 4) is 0 Å². The fraction of sp³-hybridized carbons (Fsp3) is 0.0556. The van der Waals surface area contributed by atoms with E-state index in [1.165, 1.54) is 28.8 Å². The van der Waals surface area contributed by atoms with Crippen LogP contribution in [0.15, 0.2) is 62.8 Å². The first-order chi connectivity index (χ1) is 14.2. The zero-order valence-electron chi connectivity index (χ0n) is 15.5. The van der Waals surface area contributed by atoms with Crippen molar-refractivity contribution in [2.24, 2.45) is 12.2 Å². The van der Waals surface area contributed by atoms with E-state index in [2.05, 4.69) is 20.6 Å². The van der Waals surface area contributed by atoms with Gasteiger partial charge in [0.05, 0.1) is 17.4 Å². The molecule has 0 fully saturated rings. The molecule has 0 aliphatic rings. The van der Waals surface area contributed by atoms with Gasteiger partial charge in [-0.3, -0.25) is 4.57 Å². The molecule has 12 heteroatoms. The Morgan fingerprint density at radius 2 is 1.93 bits per heavy atom. The minimum Gasteiger partial charge on any atom is -0.408 e. The van der Waals surface area contributed by atoms with E-state index in [0.29, 0.717) is 16.8 Å². The highest BCUT2D eigenvalue weighted by Crippen LogP contribution is 2.25. The molecule has 0 saturated carbocycles. The van der Waals surface area contributed by atoms with Crippen molar-refractivity contribution in [3.63, 3.8) is 0 Å². The number of benzene rings is 2. The molecule has 154 valence electrons. The van der Waals surface area contributed by atoms with Gasteiger partial charge in [-0.05, 0) is 24.3 Å². The van der Waals surface area contributed by atoms with Crippen molar-refractivity contribution in [1.29, 1.82) is 0 Å². The largest absolute Gasteiger partial charge is 0.419 e. The molecule has 0 saturated heterocycles. The van der Waals surface area contributed by atoms with Crippen molar-refractivity contribution < 1.29 is 17.2 Å². The second-order valence-electron chi connectivity index (χ2n) is 6.29. The minimum atomic E-state index is -3.99. The highest BCUT2D eigenvalue weighted by atomic mass is 32.2. The Kier molecular flexibility index (Phi) is 4.72. The van der Waals surface area contributed by atoms with Gasteiger partial charge in [-0.25, -0.2) is 27.7 Å². The first-order valence-corrected chi connectivity index (χ1v) is 10.0. The summed E-state index contributed by atoms with van der Waals surface area (Å²) in [4.78, 5) is 19.3. The predicted molar refractivity (Wildman–Crippen MR) is 108 cm³/mol. The molecule has 0 amide bonds. The number of nitrogens with two attached hydrogens (primary N) is 1. The SMILES string of the molecule is Cn1c(=O)oc2cc(Nc3nc(Nc4ccccc4S(N)(=O)=O)ncc3F)ccc21. The minimum absolute atomic E-state index is 0.0534. The number of para-hydroxylation sites is 1. The predicted octanol–water partition coefficient (Wildman–Crippen LogP) is 2.20. The summed E-state index contributed by atoms with van der Waals surface area (Å²) in [6.45, 7) is 0. The molecular weight excluding hydrogens is 415 g/mol. The van der Waals surface area contributed by atoms with Crippen LogP contribution in [-0.2, 0) is 17.1 Å². The lowest BCUT2D eigenvalue weighted by molar-refractivity contribution is 0.528. The van der Waals surface area contributed by atoms with Crippen molar-refractivity contribution in [1.82, 2.24) is 14.5 Å². The van der Waals surface area contributed by atoms with Gasteiger partial charge in [-0.2, -0.15) is 4.98 Å². The summed E-state index contributed by atoms with van der Waals surface area (Å²) in [6, 6.07) is 10.7. The molecule has 0 bridgehead atoms. The van der Waals surface area contributed by atoms with E-state index in [9.17, 15) is 17.6 Å². The normalized spacial score (nSPS) is 11.6. The number of nitrogens with one attached hydrogen (secondary N) is 2. The molecule has 0 radical (unpaired) electrons. The van der Waals surface area contributed by atoms with Crippen molar-refractivity contribution in [2.45, 2.75) is 4.90 Å². The molecule has 2 aromatic carbocycles. The third-order valence-corrected chi connectivity index (χ3v) is 5.21. The molecular formula is C18H15FN6O4S. The van der Waals surface area contributed by atoms with Gasteiger partial charge in [0.15, 0.2) is 17.2 Å². The maximum absolute atomic E-state index is 14.2. The Labute approximate surface area is 169 Å². The molecule has 4 rings (SSSR count). The molecule has 0 unspecified atom stereocenters. The molecule has 0 aliphatic carbocycles. The summed E-state index contributed by atoms with van der Waals surface area (Å²) in [5.41, 5.74) is 1.47. The second kappa shape index (κ2) is 7.24. The average molecular weight is 430 g/mol. The van der Waals surface area contributed by atoms with Gasteiger partial charge in [-0.15, -0.1) is 0 Å². The third kappa shape index (κ3) is 3.73. The quantitative estimate of drug-likeness (QED) is 0.437. The van der Waals surface area contributed by atoms with E-state index in [0.717, 1.165) is 6.20 Å². The number of nitrogens with zero attached hydrogens (tertiary/aromatic N) is 3. The smallest absolute Gasteiger partial charge is 0.408 e. The van der Waals surface area contributed by atoms with Crippen LogP contribution >= 0.6 is 0 Å². The van der Waals surface area contributed by atoms with Crippen molar-refractivity contribution in [2.75, 3.05) is 10.6 Å². The number of primary sulfonamides is 1. The molecule has 4 aromatic rings. The van der Waals surface area contributed by atoms with Gasteiger partial charge >= 0.3 is 5.76 Å². The summed E-state index contributed by atoms with van der Waals surface area (Å²) in [5.74, 6) is -1.48. The number of fused-ring (bicyclic) bond motifs is 1. The fourth-order valence-electron chi connectivity index (χ4n) is 2.80. The van der Waals surface area contributed by atoms with Crippen molar-refractivity contribution in [3.05, 3.63) is 65.0 Å². The standard InChI is InChI=1S/C18H15FN6O4S/c1-25-13-7-6-10(8-14(13)29-18(25)26)22-16-11(19)9-21-17(24-16)23-12-4-2-3-5-15(12)30(20,27)28/h2-9H,1H3,(H2,20,27,28)(H2,21,22,23,24). The highest BCUT2D eigenvalue weighted by Gasteiger charge is 2.15. The van der Waals surface area contributed by atoms with Crippen LogP contribution in [0, 0.1) is 5.82 Å². The zero-order valence-corrected chi connectivity index (χ0v) is 16.3. The fourth-order valence-corrected chi connectivity index (χ4v) is 3.50. The molecule has 30 heavy (non-hydrogen) atoms. The number of aromatic nitrogens is 3. The number of oxazole rings is 1. The summed E-state index contributed by atoms with van der Waals surface area (Å²) in [6.07, 6.45) is 0.929. The molecule has 4 N–H and O–H groups in total. The summed E-state index contributed by atoms with van der Waals surface area (Å²) < 4.78 is 44.2. The van der Waals surface area contributed by atoms with E-state index in [1.807, 2.05) is 0 Å². The van der Waals surface area contributed by atoms with Crippen LogP contribution in [0.1, 0.15) is 0 Å². The van der Waals surface area contributed by atoms with Crippen LogP contribution in [0.3, 0.4) is 0 Å². The summed E-state index contributed by atoms with van der Waals surface area (Å²) in [7, 11) is -2.42. The van der Waals surface area contributed by atoms with Gasteiger partial charge in [0.1, 0.15) is 4.90 Å². The van der Waals surface area contributed by atoms with Crippen LogP contribution in [0.4, 0.5) is 27.5 Å². The van der Waals surface area contributed by atoms with Crippen LogP contribution in [-0.4, -0.2) is 23.0 Å². The highest BCUT2D eigenvalue weighted by molar-refractivity contribution is 7.89. The van der Waals surface area contributed by atoms with E-state index in [1.54, 1.807) is 25.2 Å². The number of aryl methyl sites for hydroxylation is 1. The number of hydrogen-bond acceptors (Lipinski definition) is 8. The van der Waals surface area contributed by atoms with Crippen LogP contribution in [0.2, 0.25) is 0 Å². The van der Waals surface area contributed by atoms with Crippen LogP contribution < -0.4 is 21.5 Å². The number of sulfonamides is 1. The Bertz CT molecular complexity index is 1430. The van der Waals surface area contributed by atoms with Gasteiger partial charge in [-0.1, -0.05) is 12.1 Å². The molecule has 0 atom stereocenters. The van der Waals surface area contributed by atoms with Gasteiger partial charge in [0.2, 0.25) is 16.0 Å². The molecule has 2 heterocycles. The maximum Gasteiger partial charge on any atom is 0.419 e. The van der Waals surface area contributed by atoms with Gasteiger partial charge in [0, 0.05) is 18.8 Å². The van der Waals surface area contributed by atoms with E-state index >= 15 is 0 Å². The lowest BCUT2D eigenvalue weighted by atomic mass is 10.3. The third-order valence-electron chi connectivity index (χ3n) is 4.24. The lowest BCUT2D eigenvalue weighted by Crippen LogP contribution is -2.14. The molecule has 10 nitrogen and oxygen atoms in total. The molecule has 0 aliphatic heterocycles. The van der Waals surface area contributed by atoms with E-state index in [4.69, 9.17) is 9.56 Å². The first kappa shape index (κ1) is 19.5. The Morgan fingerprint density at radius 1 is 1.17 bits per heavy atom. The lowest BCUT2D eigenvalue weighted by Gasteiger charge is -2.11.